The Morgan fingerprint density at radius 2 is 2.12 bits per heavy atom. The molecular formula is C12H14BrN3S. The first-order valence-electron chi connectivity index (χ1n) is 5.47. The lowest BCUT2D eigenvalue weighted by Gasteiger charge is -2.19. The summed E-state index contributed by atoms with van der Waals surface area (Å²) < 4.78 is 0. The molecule has 5 heteroatoms. The third-order valence-corrected chi connectivity index (χ3v) is 3.95. The topological polar surface area (TPSA) is 29.0 Å². The van der Waals surface area contributed by atoms with E-state index in [0.717, 1.165) is 29.9 Å². The Labute approximate surface area is 114 Å². The second-order valence-corrected chi connectivity index (χ2v) is 5.21. The van der Waals surface area contributed by atoms with Crippen molar-refractivity contribution in [2.75, 3.05) is 11.4 Å². The van der Waals surface area contributed by atoms with Gasteiger partial charge in [0, 0.05) is 29.1 Å². The zero-order valence-electron chi connectivity index (χ0n) is 9.64. The maximum atomic E-state index is 4.39. The smallest absolute Gasteiger partial charge is 0.225 e. The Bertz CT molecular complexity index is 441. The molecule has 0 atom stereocenters. The van der Waals surface area contributed by atoms with Crippen molar-refractivity contribution in [1.82, 2.24) is 9.97 Å². The predicted octanol–water partition coefficient (Wildman–Crippen LogP) is 3.46. The van der Waals surface area contributed by atoms with Gasteiger partial charge >= 0.3 is 0 Å². The van der Waals surface area contributed by atoms with Crippen LogP contribution in [0, 0.1) is 0 Å². The van der Waals surface area contributed by atoms with Gasteiger partial charge in [-0.05, 0) is 23.9 Å². The normalized spacial score (nSPS) is 10.5. The molecule has 3 nitrogen and oxygen atoms in total. The maximum Gasteiger partial charge on any atom is 0.225 e. The van der Waals surface area contributed by atoms with Crippen molar-refractivity contribution in [2.24, 2.45) is 0 Å². The number of hydrogen-bond acceptors (Lipinski definition) is 4. The molecule has 0 radical (unpaired) electrons. The lowest BCUT2D eigenvalue weighted by Crippen LogP contribution is -2.23. The number of alkyl halides is 1. The largest absolute Gasteiger partial charge is 0.336 e. The summed E-state index contributed by atoms with van der Waals surface area (Å²) in [5.41, 5.74) is 1.10. The molecule has 0 spiro atoms. The van der Waals surface area contributed by atoms with E-state index in [9.17, 15) is 0 Å². The van der Waals surface area contributed by atoms with Gasteiger partial charge in [0.2, 0.25) is 5.95 Å². The monoisotopic (exact) mass is 311 g/mol. The van der Waals surface area contributed by atoms with Gasteiger partial charge < -0.3 is 4.90 Å². The molecule has 90 valence electrons. The summed E-state index contributed by atoms with van der Waals surface area (Å²) in [4.78, 5) is 12.3. The number of aromatic nitrogens is 2. The van der Waals surface area contributed by atoms with Crippen molar-refractivity contribution in [2.45, 2.75) is 18.8 Å². The van der Waals surface area contributed by atoms with E-state index in [2.05, 4.69) is 55.2 Å². The van der Waals surface area contributed by atoms with E-state index in [1.807, 2.05) is 12.4 Å². The molecule has 0 aliphatic heterocycles. The van der Waals surface area contributed by atoms with Gasteiger partial charge in [0.05, 0.1) is 6.54 Å². The van der Waals surface area contributed by atoms with E-state index in [0.29, 0.717) is 0 Å². The van der Waals surface area contributed by atoms with Gasteiger partial charge in [-0.15, -0.1) is 11.3 Å². The van der Waals surface area contributed by atoms with Gasteiger partial charge in [-0.2, -0.15) is 0 Å². The molecule has 2 aromatic heterocycles. The van der Waals surface area contributed by atoms with Crippen LogP contribution in [0.25, 0.3) is 0 Å². The zero-order valence-corrected chi connectivity index (χ0v) is 12.0. The highest BCUT2D eigenvalue weighted by Gasteiger charge is 2.08. The Kier molecular flexibility index (Phi) is 4.50. The minimum absolute atomic E-state index is 0.796. The Balaban J connectivity index is 2.11. The number of anilines is 1. The van der Waals surface area contributed by atoms with Crippen LogP contribution in [-0.2, 0) is 11.9 Å². The summed E-state index contributed by atoms with van der Waals surface area (Å²) >= 11 is 5.16. The fourth-order valence-electron chi connectivity index (χ4n) is 1.49. The minimum atomic E-state index is 0.796. The molecule has 0 amide bonds. The van der Waals surface area contributed by atoms with E-state index in [1.165, 1.54) is 4.88 Å². The van der Waals surface area contributed by atoms with Crippen molar-refractivity contribution < 1.29 is 0 Å². The lowest BCUT2D eigenvalue weighted by atomic mass is 10.4. The Morgan fingerprint density at radius 1 is 1.35 bits per heavy atom. The van der Waals surface area contributed by atoms with Gasteiger partial charge in [-0.3, -0.25) is 0 Å². The molecular weight excluding hydrogens is 298 g/mol. The highest BCUT2D eigenvalue weighted by Crippen LogP contribution is 2.16. The molecule has 0 N–H and O–H groups in total. The molecule has 2 rings (SSSR count). The minimum Gasteiger partial charge on any atom is -0.336 e. The molecule has 17 heavy (non-hydrogen) atoms. The van der Waals surface area contributed by atoms with Crippen molar-refractivity contribution in [1.29, 1.82) is 0 Å². The number of hydrogen-bond donors (Lipinski definition) is 0. The highest BCUT2D eigenvalue weighted by atomic mass is 79.9. The molecule has 0 aliphatic rings. The van der Waals surface area contributed by atoms with Crippen LogP contribution in [0.15, 0.2) is 29.9 Å². The average Bonchev–Trinajstić information content (AvgIpc) is 2.89. The lowest BCUT2D eigenvalue weighted by molar-refractivity contribution is 0.798. The second-order valence-electron chi connectivity index (χ2n) is 3.62. The third-order valence-electron chi connectivity index (χ3n) is 2.44. The number of nitrogens with zero attached hydrogens (tertiary/aromatic N) is 3. The third kappa shape index (κ3) is 3.26. The van der Waals surface area contributed by atoms with E-state index >= 15 is 0 Å². The zero-order chi connectivity index (χ0) is 12.1. The van der Waals surface area contributed by atoms with E-state index in [4.69, 9.17) is 0 Å². The van der Waals surface area contributed by atoms with Gasteiger partial charge in [0.1, 0.15) is 0 Å². The molecule has 0 aromatic carbocycles. The number of rotatable bonds is 5. The van der Waals surface area contributed by atoms with Crippen molar-refractivity contribution in [3.8, 4) is 0 Å². The van der Waals surface area contributed by atoms with Crippen LogP contribution in [0.4, 0.5) is 5.95 Å². The van der Waals surface area contributed by atoms with Crippen LogP contribution in [0.1, 0.15) is 17.4 Å². The van der Waals surface area contributed by atoms with Crippen LogP contribution < -0.4 is 4.90 Å². The first-order chi connectivity index (χ1) is 8.33. The quantitative estimate of drug-likeness (QED) is 0.792. The summed E-state index contributed by atoms with van der Waals surface area (Å²) in [6.07, 6.45) is 3.74. The molecule has 0 bridgehead atoms. The van der Waals surface area contributed by atoms with Crippen LogP contribution in [0.5, 0.6) is 0 Å². The van der Waals surface area contributed by atoms with E-state index < -0.39 is 0 Å². The van der Waals surface area contributed by atoms with Crippen molar-refractivity contribution in [3.05, 3.63) is 40.3 Å². The summed E-state index contributed by atoms with van der Waals surface area (Å²) in [7, 11) is 0. The van der Waals surface area contributed by atoms with Crippen LogP contribution in [0.3, 0.4) is 0 Å². The summed E-state index contributed by atoms with van der Waals surface area (Å²) in [6, 6.07) is 4.21. The molecule has 0 saturated carbocycles. The van der Waals surface area contributed by atoms with Gasteiger partial charge in [0.25, 0.3) is 0 Å². The van der Waals surface area contributed by atoms with Gasteiger partial charge in [-0.25, -0.2) is 9.97 Å². The van der Waals surface area contributed by atoms with Crippen molar-refractivity contribution in [3.63, 3.8) is 0 Å². The molecule has 2 aromatic rings. The van der Waals surface area contributed by atoms with Crippen molar-refractivity contribution >= 4 is 33.2 Å². The predicted molar refractivity (Wildman–Crippen MR) is 75.7 cm³/mol. The summed E-state index contributed by atoms with van der Waals surface area (Å²) in [5.74, 6) is 0.797. The molecule has 0 aliphatic carbocycles. The second kappa shape index (κ2) is 6.12. The molecule has 0 fully saturated rings. The first-order valence-corrected chi connectivity index (χ1v) is 7.47. The van der Waals surface area contributed by atoms with E-state index in [1.54, 1.807) is 11.3 Å². The maximum absolute atomic E-state index is 4.39. The molecule has 2 heterocycles. The van der Waals surface area contributed by atoms with E-state index in [-0.39, 0.29) is 0 Å². The number of halogens is 1. The molecule has 0 unspecified atom stereocenters. The fourth-order valence-corrected chi connectivity index (χ4v) is 2.50. The van der Waals surface area contributed by atoms with Gasteiger partial charge in [-0.1, -0.05) is 22.0 Å². The standard InChI is InChI=1S/C12H14BrN3S/c1-2-16(9-11-4-3-5-17-11)12-14-7-10(6-13)8-15-12/h3-5,7-8H,2,6,9H2,1H3. The van der Waals surface area contributed by atoms with Crippen LogP contribution in [0.2, 0.25) is 0 Å². The molecule has 0 saturated heterocycles. The number of thiophene rings is 1. The SMILES string of the molecule is CCN(Cc1cccs1)c1ncc(CBr)cn1. The summed E-state index contributed by atoms with van der Waals surface area (Å²) in [6.45, 7) is 3.91. The van der Waals surface area contributed by atoms with Gasteiger partial charge in [0.15, 0.2) is 0 Å². The summed E-state index contributed by atoms with van der Waals surface area (Å²) in [5, 5.41) is 2.89. The first kappa shape index (κ1) is 12.5. The fraction of sp³-hybridized carbons (Fsp3) is 0.333. The average molecular weight is 312 g/mol. The van der Waals surface area contributed by atoms with Crippen LogP contribution in [-0.4, -0.2) is 16.5 Å². The Hall–Kier alpha value is -0.940. The highest BCUT2D eigenvalue weighted by molar-refractivity contribution is 9.08. The Morgan fingerprint density at radius 3 is 2.65 bits per heavy atom. The van der Waals surface area contributed by atoms with Crippen LogP contribution >= 0.6 is 27.3 Å².